The van der Waals surface area contributed by atoms with Gasteiger partial charge in [-0.25, -0.2) is 0 Å². The number of nitrogens with one attached hydrogen (secondary N) is 1. The Kier molecular flexibility index (Phi) is 5.21. The van der Waals surface area contributed by atoms with E-state index in [0.29, 0.717) is 22.3 Å². The van der Waals surface area contributed by atoms with Crippen molar-refractivity contribution in [2.45, 2.75) is 19.8 Å². The normalized spacial score (nSPS) is 17.6. The first-order chi connectivity index (χ1) is 11.5. The first kappa shape index (κ1) is 17.0. The third-order valence-corrected chi connectivity index (χ3v) is 4.64. The monoisotopic (exact) mass is 364 g/mol. The van der Waals surface area contributed by atoms with Crippen LogP contribution in [0.2, 0.25) is 10.0 Å². The highest BCUT2D eigenvalue weighted by atomic mass is 35.5. The Bertz CT molecular complexity index is 736. The van der Waals surface area contributed by atoms with Gasteiger partial charge in [-0.05, 0) is 50.1 Å². The molecule has 0 saturated carbocycles. The van der Waals surface area contributed by atoms with Crippen LogP contribution in [0.25, 0.3) is 0 Å². The molecule has 0 spiro atoms. The van der Waals surface area contributed by atoms with E-state index in [2.05, 4.69) is 20.4 Å². The number of hydrogen-bond donors (Lipinski definition) is 1. The molecule has 1 aliphatic rings. The number of halogens is 2. The van der Waals surface area contributed by atoms with Gasteiger partial charge in [-0.2, -0.15) is 5.10 Å². The van der Waals surface area contributed by atoms with E-state index in [1.165, 1.54) is 0 Å². The predicted molar refractivity (Wildman–Crippen MR) is 96.8 cm³/mol. The molecule has 2 aromatic rings. The van der Waals surface area contributed by atoms with E-state index in [9.17, 15) is 4.79 Å². The second-order valence-electron chi connectivity index (χ2n) is 5.93. The third kappa shape index (κ3) is 3.97. The number of amides is 1. The van der Waals surface area contributed by atoms with E-state index in [0.717, 1.165) is 30.9 Å². The average Bonchev–Trinajstić information content (AvgIpc) is 2.58. The summed E-state index contributed by atoms with van der Waals surface area (Å²) in [6.07, 6.45) is 1.77. The number of carbonyl (C=O) groups is 1. The van der Waals surface area contributed by atoms with E-state index in [1.807, 2.05) is 19.1 Å². The van der Waals surface area contributed by atoms with Crippen molar-refractivity contribution in [2.75, 3.05) is 23.3 Å². The van der Waals surface area contributed by atoms with Crippen LogP contribution in [0.3, 0.4) is 0 Å². The van der Waals surface area contributed by atoms with Crippen molar-refractivity contribution in [3.8, 4) is 0 Å². The van der Waals surface area contributed by atoms with E-state index < -0.39 is 0 Å². The number of nitrogens with zero attached hydrogens (tertiary/aromatic N) is 3. The second kappa shape index (κ2) is 7.36. The molecule has 1 aromatic carbocycles. The molecule has 3 rings (SSSR count). The van der Waals surface area contributed by atoms with Gasteiger partial charge in [-0.15, -0.1) is 5.10 Å². The van der Waals surface area contributed by atoms with Crippen molar-refractivity contribution in [1.82, 2.24) is 10.2 Å². The number of piperidine rings is 1. The topological polar surface area (TPSA) is 58.1 Å². The lowest BCUT2D eigenvalue weighted by molar-refractivity contribution is -0.120. The van der Waals surface area contributed by atoms with Crippen molar-refractivity contribution in [2.24, 2.45) is 5.92 Å². The van der Waals surface area contributed by atoms with Crippen LogP contribution in [0.1, 0.15) is 18.5 Å². The summed E-state index contributed by atoms with van der Waals surface area (Å²) in [5.41, 5.74) is 1.46. The number of aromatic nitrogens is 2. The van der Waals surface area contributed by atoms with Crippen LogP contribution in [0.4, 0.5) is 11.5 Å². The van der Waals surface area contributed by atoms with Gasteiger partial charge >= 0.3 is 0 Å². The molecule has 1 saturated heterocycles. The molecule has 1 aliphatic heterocycles. The Morgan fingerprint density at radius 3 is 2.79 bits per heavy atom. The quantitative estimate of drug-likeness (QED) is 0.895. The summed E-state index contributed by atoms with van der Waals surface area (Å²) in [5, 5.41) is 12.2. The zero-order valence-corrected chi connectivity index (χ0v) is 14.8. The summed E-state index contributed by atoms with van der Waals surface area (Å²) >= 11 is 12.0. The Morgan fingerprint density at radius 2 is 2.08 bits per heavy atom. The highest BCUT2D eigenvalue weighted by Gasteiger charge is 2.27. The lowest BCUT2D eigenvalue weighted by atomic mass is 9.97. The van der Waals surface area contributed by atoms with E-state index in [-0.39, 0.29) is 11.8 Å². The molecule has 0 bridgehead atoms. The van der Waals surface area contributed by atoms with Crippen LogP contribution in [0.5, 0.6) is 0 Å². The van der Waals surface area contributed by atoms with Gasteiger partial charge in [-0.3, -0.25) is 4.79 Å². The fourth-order valence-corrected chi connectivity index (χ4v) is 3.24. The number of rotatable bonds is 3. The van der Waals surface area contributed by atoms with Gasteiger partial charge in [0.15, 0.2) is 5.82 Å². The van der Waals surface area contributed by atoms with Gasteiger partial charge in [0, 0.05) is 18.1 Å². The standard InChI is InChI=1S/C17H18Cl2N4O/c1-11-4-7-16(22-21-11)23-8-2-3-12(10-23)17(24)20-15-6-5-13(18)9-14(15)19/h4-7,9,12H,2-3,8,10H2,1H3,(H,20,24). The molecule has 1 amide bonds. The molecule has 126 valence electrons. The van der Waals surface area contributed by atoms with E-state index in [1.54, 1.807) is 18.2 Å². The molecule has 1 aromatic heterocycles. The number of benzene rings is 1. The Labute approximate surface area is 151 Å². The summed E-state index contributed by atoms with van der Waals surface area (Å²) in [6, 6.07) is 8.92. The summed E-state index contributed by atoms with van der Waals surface area (Å²) in [4.78, 5) is 14.7. The molecule has 1 unspecified atom stereocenters. The van der Waals surface area contributed by atoms with Gasteiger partial charge in [0.2, 0.25) is 5.91 Å². The molecular formula is C17H18Cl2N4O. The number of carbonyl (C=O) groups excluding carboxylic acids is 1. The molecule has 5 nitrogen and oxygen atoms in total. The maximum atomic E-state index is 12.6. The average molecular weight is 365 g/mol. The molecule has 0 aliphatic carbocycles. The van der Waals surface area contributed by atoms with Gasteiger partial charge < -0.3 is 10.2 Å². The van der Waals surface area contributed by atoms with Crippen molar-refractivity contribution in [1.29, 1.82) is 0 Å². The third-order valence-electron chi connectivity index (χ3n) is 4.09. The minimum atomic E-state index is -0.117. The van der Waals surface area contributed by atoms with Crippen LogP contribution in [0.15, 0.2) is 30.3 Å². The summed E-state index contributed by atoms with van der Waals surface area (Å²) in [5.74, 6) is 0.653. The maximum Gasteiger partial charge on any atom is 0.229 e. The molecule has 1 N–H and O–H groups in total. The first-order valence-corrected chi connectivity index (χ1v) is 8.60. The SMILES string of the molecule is Cc1ccc(N2CCCC(C(=O)Nc3ccc(Cl)cc3Cl)C2)nn1. The number of aryl methyl sites for hydroxylation is 1. The Morgan fingerprint density at radius 1 is 1.25 bits per heavy atom. The number of anilines is 2. The van der Waals surface area contributed by atoms with Crippen molar-refractivity contribution in [3.05, 3.63) is 46.1 Å². The molecule has 0 radical (unpaired) electrons. The van der Waals surface area contributed by atoms with Crippen LogP contribution >= 0.6 is 23.2 Å². The van der Waals surface area contributed by atoms with E-state index >= 15 is 0 Å². The van der Waals surface area contributed by atoms with Crippen LogP contribution in [-0.2, 0) is 4.79 Å². The van der Waals surface area contributed by atoms with Crippen LogP contribution < -0.4 is 10.2 Å². The Hall–Kier alpha value is -1.85. The fraction of sp³-hybridized carbons (Fsp3) is 0.353. The minimum Gasteiger partial charge on any atom is -0.354 e. The maximum absolute atomic E-state index is 12.6. The second-order valence-corrected chi connectivity index (χ2v) is 6.78. The highest BCUT2D eigenvalue weighted by Crippen LogP contribution is 2.27. The molecule has 24 heavy (non-hydrogen) atoms. The number of hydrogen-bond acceptors (Lipinski definition) is 4. The fourth-order valence-electron chi connectivity index (χ4n) is 2.79. The van der Waals surface area contributed by atoms with Gasteiger partial charge in [0.25, 0.3) is 0 Å². The lowest BCUT2D eigenvalue weighted by Crippen LogP contribution is -2.41. The minimum absolute atomic E-state index is 0.0380. The molecule has 1 fully saturated rings. The summed E-state index contributed by atoms with van der Waals surface area (Å²) in [6.45, 7) is 3.40. The van der Waals surface area contributed by atoms with Gasteiger partial charge in [0.05, 0.1) is 22.3 Å². The van der Waals surface area contributed by atoms with Crippen LogP contribution in [0, 0.1) is 12.8 Å². The molecule has 1 atom stereocenters. The first-order valence-electron chi connectivity index (χ1n) is 7.84. The van der Waals surface area contributed by atoms with Crippen molar-refractivity contribution < 1.29 is 4.79 Å². The molecule has 7 heteroatoms. The van der Waals surface area contributed by atoms with Gasteiger partial charge in [0.1, 0.15) is 0 Å². The van der Waals surface area contributed by atoms with Crippen LogP contribution in [-0.4, -0.2) is 29.2 Å². The van der Waals surface area contributed by atoms with Gasteiger partial charge in [-0.1, -0.05) is 23.2 Å². The zero-order valence-electron chi connectivity index (χ0n) is 13.3. The lowest BCUT2D eigenvalue weighted by Gasteiger charge is -2.32. The smallest absolute Gasteiger partial charge is 0.229 e. The Balaban J connectivity index is 1.67. The summed E-state index contributed by atoms with van der Waals surface area (Å²) < 4.78 is 0. The molecule has 2 heterocycles. The molecular weight excluding hydrogens is 347 g/mol. The summed E-state index contributed by atoms with van der Waals surface area (Å²) in [7, 11) is 0. The zero-order chi connectivity index (χ0) is 17.1. The van der Waals surface area contributed by atoms with Crippen molar-refractivity contribution in [3.63, 3.8) is 0 Å². The predicted octanol–water partition coefficient (Wildman–Crippen LogP) is 3.95. The van der Waals surface area contributed by atoms with Crippen molar-refractivity contribution >= 4 is 40.6 Å². The largest absolute Gasteiger partial charge is 0.354 e. The van der Waals surface area contributed by atoms with E-state index in [4.69, 9.17) is 23.2 Å². The highest BCUT2D eigenvalue weighted by molar-refractivity contribution is 6.36.